The van der Waals surface area contributed by atoms with Gasteiger partial charge >= 0.3 is 0 Å². The summed E-state index contributed by atoms with van der Waals surface area (Å²) in [5.74, 6) is 1.02. The van der Waals surface area contributed by atoms with Crippen LogP contribution in [-0.4, -0.2) is 57.3 Å². The minimum Gasteiger partial charge on any atom is -0.334 e. The lowest BCUT2D eigenvalue weighted by atomic mass is 10.1. The molecule has 1 aliphatic rings. The van der Waals surface area contributed by atoms with E-state index in [0.29, 0.717) is 24.7 Å². The molecule has 3 aromatic rings. The predicted octanol–water partition coefficient (Wildman–Crippen LogP) is 3.27. The summed E-state index contributed by atoms with van der Waals surface area (Å²) in [7, 11) is -3.10. The topological polar surface area (TPSA) is 85.2 Å². The summed E-state index contributed by atoms with van der Waals surface area (Å²) in [6.07, 6.45) is 0.481. The van der Waals surface area contributed by atoms with Gasteiger partial charge in [0.05, 0.1) is 17.3 Å². The molecule has 0 aliphatic carbocycles. The molecule has 0 saturated carbocycles. The van der Waals surface area contributed by atoms with E-state index >= 15 is 0 Å². The third kappa shape index (κ3) is 5.21. The summed E-state index contributed by atoms with van der Waals surface area (Å²) < 4.78 is 26.1. The molecule has 1 amide bonds. The molecule has 0 spiro atoms. The first-order chi connectivity index (χ1) is 15.5. The summed E-state index contributed by atoms with van der Waals surface area (Å²) in [6, 6.07) is 19.2. The molecule has 0 N–H and O–H groups in total. The van der Waals surface area contributed by atoms with Crippen LogP contribution in [0.5, 0.6) is 0 Å². The lowest BCUT2D eigenvalue weighted by molar-refractivity contribution is -0.130. The van der Waals surface area contributed by atoms with Gasteiger partial charge in [-0.1, -0.05) is 72.4 Å². The monoisotopic (exact) mass is 470 g/mol. The van der Waals surface area contributed by atoms with E-state index in [9.17, 15) is 13.2 Å². The lowest BCUT2D eigenvalue weighted by Crippen LogP contribution is -2.41. The molecule has 32 heavy (non-hydrogen) atoms. The number of benzene rings is 2. The SMILES string of the molecule is CCn1c(SCC(=O)N(Cc2ccccc2)[C@@H]2CCS(=O)(=O)C2)nnc1-c1ccccc1. The van der Waals surface area contributed by atoms with E-state index < -0.39 is 9.84 Å². The van der Waals surface area contributed by atoms with E-state index in [0.717, 1.165) is 17.0 Å². The van der Waals surface area contributed by atoms with Crippen molar-refractivity contribution in [1.29, 1.82) is 0 Å². The van der Waals surface area contributed by atoms with Gasteiger partial charge in [0.15, 0.2) is 20.8 Å². The summed E-state index contributed by atoms with van der Waals surface area (Å²) in [5, 5.41) is 9.32. The van der Waals surface area contributed by atoms with Crippen LogP contribution >= 0.6 is 11.8 Å². The number of carbonyl (C=O) groups is 1. The van der Waals surface area contributed by atoms with Gasteiger partial charge in [0.25, 0.3) is 0 Å². The smallest absolute Gasteiger partial charge is 0.233 e. The zero-order chi connectivity index (χ0) is 22.6. The third-order valence-corrected chi connectivity index (χ3v) is 8.26. The molecule has 9 heteroatoms. The Bertz CT molecular complexity index is 1160. The van der Waals surface area contributed by atoms with Crippen molar-refractivity contribution in [3.8, 4) is 11.4 Å². The zero-order valence-corrected chi connectivity index (χ0v) is 19.6. The number of carbonyl (C=O) groups excluding carboxylic acids is 1. The molecular weight excluding hydrogens is 444 g/mol. The van der Waals surface area contributed by atoms with Crippen LogP contribution in [0.1, 0.15) is 18.9 Å². The van der Waals surface area contributed by atoms with Crippen LogP contribution in [0.4, 0.5) is 0 Å². The first-order valence-corrected chi connectivity index (χ1v) is 13.4. The highest BCUT2D eigenvalue weighted by molar-refractivity contribution is 7.99. The van der Waals surface area contributed by atoms with Crippen LogP contribution in [-0.2, 0) is 27.7 Å². The molecule has 0 unspecified atom stereocenters. The van der Waals surface area contributed by atoms with E-state index in [1.54, 1.807) is 4.90 Å². The fourth-order valence-electron chi connectivity index (χ4n) is 3.91. The van der Waals surface area contributed by atoms with Crippen molar-refractivity contribution >= 4 is 27.5 Å². The van der Waals surface area contributed by atoms with E-state index in [1.807, 2.05) is 72.2 Å². The van der Waals surface area contributed by atoms with Gasteiger partial charge in [-0.15, -0.1) is 10.2 Å². The molecule has 1 fully saturated rings. The Kier molecular flexibility index (Phi) is 6.95. The van der Waals surface area contributed by atoms with Crippen molar-refractivity contribution in [2.45, 2.75) is 37.6 Å². The number of rotatable bonds is 8. The Morgan fingerprint density at radius 3 is 2.41 bits per heavy atom. The molecule has 168 valence electrons. The van der Waals surface area contributed by atoms with Gasteiger partial charge in [-0.2, -0.15) is 0 Å². The number of hydrogen-bond donors (Lipinski definition) is 0. The summed E-state index contributed by atoms with van der Waals surface area (Å²) in [4.78, 5) is 15.0. The molecule has 1 saturated heterocycles. The fourth-order valence-corrected chi connectivity index (χ4v) is 6.53. The Morgan fingerprint density at radius 1 is 1.09 bits per heavy atom. The number of aromatic nitrogens is 3. The molecule has 1 atom stereocenters. The fraction of sp³-hybridized carbons (Fsp3) is 0.348. The maximum absolute atomic E-state index is 13.2. The van der Waals surface area contributed by atoms with Gasteiger partial charge in [0.2, 0.25) is 5.91 Å². The molecule has 4 rings (SSSR count). The minimum atomic E-state index is -3.10. The molecule has 0 bridgehead atoms. The minimum absolute atomic E-state index is 0.0273. The molecule has 1 aliphatic heterocycles. The second-order valence-electron chi connectivity index (χ2n) is 7.77. The largest absolute Gasteiger partial charge is 0.334 e. The maximum atomic E-state index is 13.2. The van der Waals surface area contributed by atoms with Crippen LogP contribution in [0.25, 0.3) is 11.4 Å². The number of sulfone groups is 1. The normalized spacial score (nSPS) is 17.3. The van der Waals surface area contributed by atoms with Crippen LogP contribution < -0.4 is 0 Å². The third-order valence-electron chi connectivity index (χ3n) is 5.56. The van der Waals surface area contributed by atoms with Crippen LogP contribution in [0.3, 0.4) is 0 Å². The second-order valence-corrected chi connectivity index (χ2v) is 10.9. The van der Waals surface area contributed by atoms with Gasteiger partial charge in [-0.3, -0.25) is 4.79 Å². The average molecular weight is 471 g/mol. The van der Waals surface area contributed by atoms with Crippen molar-refractivity contribution in [1.82, 2.24) is 19.7 Å². The van der Waals surface area contributed by atoms with E-state index in [4.69, 9.17) is 0 Å². The predicted molar refractivity (Wildman–Crippen MR) is 126 cm³/mol. The van der Waals surface area contributed by atoms with Gasteiger partial charge in [-0.25, -0.2) is 8.42 Å². The van der Waals surface area contributed by atoms with E-state index in [1.165, 1.54) is 11.8 Å². The van der Waals surface area contributed by atoms with E-state index in [2.05, 4.69) is 10.2 Å². The Balaban J connectivity index is 1.51. The first-order valence-electron chi connectivity index (χ1n) is 10.6. The zero-order valence-electron chi connectivity index (χ0n) is 17.9. The van der Waals surface area contributed by atoms with Crippen molar-refractivity contribution < 1.29 is 13.2 Å². The Labute approximate surface area is 192 Å². The molecule has 2 heterocycles. The Hall–Kier alpha value is -2.65. The van der Waals surface area contributed by atoms with Crippen LogP contribution in [0.15, 0.2) is 65.8 Å². The van der Waals surface area contributed by atoms with Crippen molar-refractivity contribution in [3.05, 3.63) is 66.2 Å². The molecule has 2 aromatic carbocycles. The maximum Gasteiger partial charge on any atom is 0.233 e. The van der Waals surface area contributed by atoms with Crippen LogP contribution in [0, 0.1) is 0 Å². The quantitative estimate of drug-likeness (QED) is 0.470. The Morgan fingerprint density at radius 2 is 1.78 bits per heavy atom. The molecular formula is C23H26N4O3S2. The number of nitrogens with zero attached hydrogens (tertiary/aromatic N) is 4. The highest BCUT2D eigenvalue weighted by atomic mass is 32.2. The summed E-state index contributed by atoms with van der Waals surface area (Å²) >= 11 is 1.34. The van der Waals surface area contributed by atoms with Gasteiger partial charge in [0, 0.05) is 24.7 Å². The van der Waals surface area contributed by atoms with Gasteiger partial charge in [0.1, 0.15) is 0 Å². The number of thioether (sulfide) groups is 1. The lowest BCUT2D eigenvalue weighted by Gasteiger charge is -2.28. The molecule has 0 radical (unpaired) electrons. The first kappa shape index (κ1) is 22.5. The number of amides is 1. The summed E-state index contributed by atoms with van der Waals surface area (Å²) in [6.45, 7) is 3.10. The highest BCUT2D eigenvalue weighted by Crippen LogP contribution is 2.26. The van der Waals surface area contributed by atoms with Crippen molar-refractivity contribution in [3.63, 3.8) is 0 Å². The van der Waals surface area contributed by atoms with Gasteiger partial charge < -0.3 is 9.47 Å². The standard InChI is InChI=1S/C23H26N4O3S2/c1-2-26-22(19-11-7-4-8-12-19)24-25-23(26)31-16-21(28)27(15-18-9-5-3-6-10-18)20-13-14-32(29,30)17-20/h3-12,20H,2,13-17H2,1H3/t20-/m1/s1. The summed E-state index contributed by atoms with van der Waals surface area (Å²) in [5.41, 5.74) is 1.96. The average Bonchev–Trinajstić information content (AvgIpc) is 3.39. The van der Waals surface area contributed by atoms with Crippen molar-refractivity contribution in [2.75, 3.05) is 17.3 Å². The number of hydrogen-bond acceptors (Lipinski definition) is 6. The second kappa shape index (κ2) is 9.87. The highest BCUT2D eigenvalue weighted by Gasteiger charge is 2.34. The molecule has 1 aromatic heterocycles. The van der Waals surface area contributed by atoms with Crippen molar-refractivity contribution in [2.24, 2.45) is 0 Å². The van der Waals surface area contributed by atoms with E-state index in [-0.39, 0.29) is 29.2 Å². The molecule has 7 nitrogen and oxygen atoms in total. The van der Waals surface area contributed by atoms with Gasteiger partial charge in [-0.05, 0) is 18.9 Å². The van der Waals surface area contributed by atoms with Crippen LogP contribution in [0.2, 0.25) is 0 Å².